The number of hydrogen-bond donors (Lipinski definition) is 3. The third-order valence-electron chi connectivity index (χ3n) is 6.27. The Balaban J connectivity index is 1.35. The number of ether oxygens (including phenoxy) is 1. The molecular weight excluding hydrogens is 408 g/mol. The van der Waals surface area contributed by atoms with Crippen molar-refractivity contribution in [2.24, 2.45) is 0 Å². The first-order valence-corrected chi connectivity index (χ1v) is 11.1. The van der Waals surface area contributed by atoms with E-state index in [1.807, 2.05) is 31.2 Å². The molecule has 32 heavy (non-hydrogen) atoms. The van der Waals surface area contributed by atoms with Crippen molar-refractivity contribution < 1.29 is 24.2 Å². The fraction of sp³-hybridized carbons (Fsp3) is 0.400. The Hall–Kier alpha value is -3.35. The smallest absolute Gasteiger partial charge is 0.407 e. The summed E-state index contributed by atoms with van der Waals surface area (Å²) in [6.07, 6.45) is 1.69. The van der Waals surface area contributed by atoms with Crippen LogP contribution in [0.5, 0.6) is 0 Å². The minimum Gasteiger partial charge on any atom is -0.480 e. The topological polar surface area (TPSA) is 105 Å². The number of nitrogens with one attached hydrogen (secondary N) is 2. The summed E-state index contributed by atoms with van der Waals surface area (Å²) in [6, 6.07) is 15.8. The molecule has 2 aliphatic carbocycles. The molecule has 0 aliphatic heterocycles. The molecule has 1 saturated carbocycles. The van der Waals surface area contributed by atoms with Crippen LogP contribution >= 0.6 is 0 Å². The van der Waals surface area contributed by atoms with Gasteiger partial charge in [-0.3, -0.25) is 4.79 Å². The van der Waals surface area contributed by atoms with Gasteiger partial charge in [0.25, 0.3) is 0 Å². The number of hydrogen-bond acceptors (Lipinski definition) is 4. The third-order valence-corrected chi connectivity index (χ3v) is 6.27. The highest BCUT2D eigenvalue weighted by atomic mass is 16.5. The van der Waals surface area contributed by atoms with Gasteiger partial charge in [-0.2, -0.15) is 0 Å². The van der Waals surface area contributed by atoms with E-state index < -0.39 is 23.6 Å². The second kappa shape index (κ2) is 9.02. The van der Waals surface area contributed by atoms with E-state index in [2.05, 4.69) is 34.9 Å². The van der Waals surface area contributed by atoms with Crippen molar-refractivity contribution in [2.75, 3.05) is 6.61 Å². The normalized spacial score (nSPS) is 16.4. The summed E-state index contributed by atoms with van der Waals surface area (Å²) in [4.78, 5) is 36.2. The first kappa shape index (κ1) is 21.9. The molecule has 7 heteroatoms. The minimum absolute atomic E-state index is 0.0209. The molecule has 7 nitrogen and oxygen atoms in total. The van der Waals surface area contributed by atoms with Crippen LogP contribution in [0, 0.1) is 0 Å². The van der Waals surface area contributed by atoms with Crippen molar-refractivity contribution in [3.05, 3.63) is 59.7 Å². The fourth-order valence-corrected chi connectivity index (χ4v) is 4.44. The number of carbonyl (C=O) groups excluding carboxylic acids is 2. The first-order chi connectivity index (χ1) is 15.4. The molecule has 2 aromatic rings. The van der Waals surface area contributed by atoms with Crippen LogP contribution in [0.4, 0.5) is 4.79 Å². The molecule has 2 aromatic carbocycles. The lowest BCUT2D eigenvalue weighted by Crippen LogP contribution is -2.46. The maximum Gasteiger partial charge on any atom is 0.407 e. The highest BCUT2D eigenvalue weighted by molar-refractivity contribution is 5.90. The van der Waals surface area contributed by atoms with Gasteiger partial charge in [-0.25, -0.2) is 9.59 Å². The molecule has 0 aromatic heterocycles. The number of carboxylic acid groups (broad SMARTS) is 1. The van der Waals surface area contributed by atoms with Crippen LogP contribution in [0.2, 0.25) is 0 Å². The van der Waals surface area contributed by atoms with Gasteiger partial charge in [0.15, 0.2) is 0 Å². The van der Waals surface area contributed by atoms with Gasteiger partial charge >= 0.3 is 12.1 Å². The predicted octanol–water partition coefficient (Wildman–Crippen LogP) is 3.82. The van der Waals surface area contributed by atoms with E-state index in [-0.39, 0.29) is 24.9 Å². The summed E-state index contributed by atoms with van der Waals surface area (Å²) in [7, 11) is 0. The Bertz CT molecular complexity index is 985. The van der Waals surface area contributed by atoms with Crippen LogP contribution in [0.3, 0.4) is 0 Å². The van der Waals surface area contributed by atoms with E-state index in [1.54, 1.807) is 0 Å². The van der Waals surface area contributed by atoms with E-state index in [1.165, 1.54) is 0 Å². The summed E-state index contributed by atoms with van der Waals surface area (Å²) in [5.41, 5.74) is 3.45. The van der Waals surface area contributed by atoms with Crippen LogP contribution < -0.4 is 10.6 Å². The van der Waals surface area contributed by atoms with Crippen LogP contribution in [-0.4, -0.2) is 41.3 Å². The van der Waals surface area contributed by atoms with E-state index in [4.69, 9.17) is 4.74 Å². The molecule has 0 heterocycles. The van der Waals surface area contributed by atoms with Crippen molar-refractivity contribution in [1.82, 2.24) is 10.6 Å². The molecule has 2 aliphatic rings. The van der Waals surface area contributed by atoms with Crippen molar-refractivity contribution in [3.8, 4) is 11.1 Å². The average Bonchev–Trinajstić information content (AvgIpc) is 3.48. The molecule has 4 rings (SSSR count). The lowest BCUT2D eigenvalue weighted by molar-refractivity contribution is -0.143. The highest BCUT2D eigenvalue weighted by Crippen LogP contribution is 2.44. The van der Waals surface area contributed by atoms with Crippen molar-refractivity contribution in [1.29, 1.82) is 0 Å². The summed E-state index contributed by atoms with van der Waals surface area (Å²) in [5.74, 6) is -1.42. The Morgan fingerprint density at radius 2 is 1.66 bits per heavy atom. The van der Waals surface area contributed by atoms with Gasteiger partial charge < -0.3 is 20.5 Å². The molecule has 0 spiro atoms. The number of rotatable bonds is 9. The second-order valence-corrected chi connectivity index (χ2v) is 8.60. The largest absolute Gasteiger partial charge is 0.480 e. The Labute approximate surface area is 187 Å². The molecule has 168 valence electrons. The molecule has 2 amide bonds. The SMILES string of the molecule is CCC[C@H](CC(=O)NC1(C(=O)O)CC1)NC(=O)OCC1c2ccccc2-c2ccccc21. The van der Waals surface area contributed by atoms with E-state index >= 15 is 0 Å². The van der Waals surface area contributed by atoms with Gasteiger partial charge in [-0.15, -0.1) is 0 Å². The summed E-state index contributed by atoms with van der Waals surface area (Å²) < 4.78 is 5.57. The quantitative estimate of drug-likeness (QED) is 0.554. The zero-order chi connectivity index (χ0) is 22.7. The number of alkyl carbamates (subject to hydrolysis) is 1. The fourth-order valence-electron chi connectivity index (χ4n) is 4.44. The highest BCUT2D eigenvalue weighted by Gasteiger charge is 2.51. The van der Waals surface area contributed by atoms with E-state index in [0.29, 0.717) is 19.3 Å². The number of carbonyl (C=O) groups is 3. The minimum atomic E-state index is -1.13. The first-order valence-electron chi connectivity index (χ1n) is 11.1. The maximum atomic E-state index is 12.5. The van der Waals surface area contributed by atoms with Crippen LogP contribution in [0.25, 0.3) is 11.1 Å². The summed E-state index contributed by atoms with van der Waals surface area (Å²) in [6.45, 7) is 2.16. The maximum absolute atomic E-state index is 12.5. The standard InChI is InChI=1S/C25H28N2O5/c1-2-7-16(14-22(28)27-25(12-13-25)23(29)30)26-24(31)32-15-21-19-10-5-3-8-17(19)18-9-4-6-11-20(18)21/h3-6,8-11,16,21H,2,7,12-15H2,1H3,(H,26,31)(H,27,28)(H,29,30)/t16-/m1/s1. The molecule has 0 bridgehead atoms. The van der Waals surface area contributed by atoms with E-state index in [0.717, 1.165) is 28.7 Å². The molecule has 3 N–H and O–H groups in total. The van der Waals surface area contributed by atoms with Crippen LogP contribution in [-0.2, 0) is 14.3 Å². The van der Waals surface area contributed by atoms with Gasteiger partial charge in [-0.1, -0.05) is 61.9 Å². The zero-order valence-electron chi connectivity index (χ0n) is 18.1. The number of amides is 2. The summed E-state index contributed by atoms with van der Waals surface area (Å²) in [5, 5.41) is 14.6. The zero-order valence-corrected chi connectivity index (χ0v) is 18.1. The van der Waals surface area contributed by atoms with Crippen molar-refractivity contribution >= 4 is 18.0 Å². The van der Waals surface area contributed by atoms with Gasteiger partial charge in [-0.05, 0) is 41.5 Å². The van der Waals surface area contributed by atoms with E-state index in [9.17, 15) is 19.5 Å². The van der Waals surface area contributed by atoms with Crippen LogP contribution in [0.1, 0.15) is 56.1 Å². The second-order valence-electron chi connectivity index (χ2n) is 8.60. The number of benzene rings is 2. The van der Waals surface area contributed by atoms with Gasteiger partial charge in [0.05, 0.1) is 0 Å². The Morgan fingerprint density at radius 1 is 1.06 bits per heavy atom. The lowest BCUT2D eigenvalue weighted by atomic mass is 9.98. The molecule has 0 radical (unpaired) electrons. The Kier molecular flexibility index (Phi) is 6.17. The number of fused-ring (bicyclic) bond motifs is 3. The van der Waals surface area contributed by atoms with Crippen molar-refractivity contribution in [2.45, 2.75) is 56.5 Å². The Morgan fingerprint density at radius 3 is 2.19 bits per heavy atom. The molecule has 1 atom stereocenters. The average molecular weight is 437 g/mol. The molecule has 0 saturated heterocycles. The van der Waals surface area contributed by atoms with Gasteiger partial charge in [0.1, 0.15) is 12.1 Å². The molecule has 0 unspecified atom stereocenters. The monoisotopic (exact) mass is 436 g/mol. The predicted molar refractivity (Wildman–Crippen MR) is 119 cm³/mol. The van der Waals surface area contributed by atoms with Gasteiger partial charge in [0.2, 0.25) is 5.91 Å². The van der Waals surface area contributed by atoms with Crippen LogP contribution in [0.15, 0.2) is 48.5 Å². The number of aliphatic carboxylic acids is 1. The lowest BCUT2D eigenvalue weighted by Gasteiger charge is -2.20. The summed E-state index contributed by atoms with van der Waals surface area (Å²) >= 11 is 0. The van der Waals surface area contributed by atoms with Crippen molar-refractivity contribution in [3.63, 3.8) is 0 Å². The third kappa shape index (κ3) is 4.47. The van der Waals surface area contributed by atoms with Gasteiger partial charge in [0, 0.05) is 18.4 Å². The molecular formula is C25H28N2O5. The molecule has 1 fully saturated rings. The number of carboxylic acids is 1.